The second-order valence-electron chi connectivity index (χ2n) is 5.11. The van der Waals surface area contributed by atoms with Crippen LogP contribution in [-0.2, 0) is 11.2 Å². The molecule has 0 saturated carbocycles. The number of nitrogens with one attached hydrogen (secondary N) is 1. The predicted octanol–water partition coefficient (Wildman–Crippen LogP) is 3.95. The molecular weight excluding hydrogens is 268 g/mol. The number of carbonyl (C=O) groups is 1. The zero-order valence-corrected chi connectivity index (χ0v) is 13.2. The SMILES string of the molecule is Cc1ccc(NC(=O)CCc2sc(C)nc2C)c(C)c1. The minimum absolute atomic E-state index is 0.0578. The normalized spacial score (nSPS) is 10.6. The smallest absolute Gasteiger partial charge is 0.224 e. The van der Waals surface area contributed by atoms with Crippen molar-refractivity contribution in [2.24, 2.45) is 0 Å². The Bertz CT molecular complexity index is 631. The van der Waals surface area contributed by atoms with Gasteiger partial charge in [-0.1, -0.05) is 17.7 Å². The lowest BCUT2D eigenvalue weighted by molar-refractivity contribution is -0.116. The fraction of sp³-hybridized carbons (Fsp3) is 0.375. The number of carbonyl (C=O) groups excluding carboxylic acids is 1. The number of rotatable bonds is 4. The number of amides is 1. The summed E-state index contributed by atoms with van der Waals surface area (Å²) in [5.74, 6) is 0.0578. The molecule has 1 amide bonds. The van der Waals surface area contributed by atoms with E-state index in [0.29, 0.717) is 6.42 Å². The molecule has 0 bridgehead atoms. The average molecular weight is 288 g/mol. The molecule has 3 nitrogen and oxygen atoms in total. The number of anilines is 1. The Kier molecular flexibility index (Phi) is 4.55. The summed E-state index contributed by atoms with van der Waals surface area (Å²) < 4.78 is 0. The Labute approximate surface area is 124 Å². The largest absolute Gasteiger partial charge is 0.326 e. The van der Waals surface area contributed by atoms with Crippen molar-refractivity contribution in [1.82, 2.24) is 4.98 Å². The Hall–Kier alpha value is -1.68. The maximum atomic E-state index is 12.0. The highest BCUT2D eigenvalue weighted by atomic mass is 32.1. The van der Waals surface area contributed by atoms with Crippen LogP contribution < -0.4 is 5.32 Å². The highest BCUT2D eigenvalue weighted by molar-refractivity contribution is 7.11. The molecule has 0 radical (unpaired) electrons. The van der Waals surface area contributed by atoms with E-state index >= 15 is 0 Å². The summed E-state index contributed by atoms with van der Waals surface area (Å²) in [5.41, 5.74) is 4.25. The van der Waals surface area contributed by atoms with E-state index in [4.69, 9.17) is 0 Å². The van der Waals surface area contributed by atoms with Crippen LogP contribution in [0, 0.1) is 27.7 Å². The molecule has 1 N–H and O–H groups in total. The Morgan fingerprint density at radius 1 is 1.25 bits per heavy atom. The van der Waals surface area contributed by atoms with E-state index < -0.39 is 0 Å². The second-order valence-corrected chi connectivity index (χ2v) is 6.40. The van der Waals surface area contributed by atoms with Gasteiger partial charge in [-0.15, -0.1) is 11.3 Å². The van der Waals surface area contributed by atoms with Gasteiger partial charge in [0.1, 0.15) is 0 Å². The van der Waals surface area contributed by atoms with Gasteiger partial charge in [-0.3, -0.25) is 4.79 Å². The molecule has 1 aromatic heterocycles. The van der Waals surface area contributed by atoms with Gasteiger partial charge in [0.2, 0.25) is 5.91 Å². The summed E-state index contributed by atoms with van der Waals surface area (Å²) in [6.07, 6.45) is 1.25. The highest BCUT2D eigenvalue weighted by Crippen LogP contribution is 2.20. The molecule has 1 heterocycles. The highest BCUT2D eigenvalue weighted by Gasteiger charge is 2.09. The van der Waals surface area contributed by atoms with Gasteiger partial charge >= 0.3 is 0 Å². The quantitative estimate of drug-likeness (QED) is 0.925. The lowest BCUT2D eigenvalue weighted by Crippen LogP contribution is -2.13. The van der Waals surface area contributed by atoms with Crippen LogP contribution in [0.15, 0.2) is 18.2 Å². The lowest BCUT2D eigenvalue weighted by Gasteiger charge is -2.08. The molecule has 0 fully saturated rings. The number of aryl methyl sites for hydroxylation is 5. The third-order valence-electron chi connectivity index (χ3n) is 3.23. The fourth-order valence-electron chi connectivity index (χ4n) is 2.20. The van der Waals surface area contributed by atoms with Gasteiger partial charge in [-0.2, -0.15) is 0 Å². The summed E-state index contributed by atoms with van der Waals surface area (Å²) in [5, 5.41) is 4.04. The van der Waals surface area contributed by atoms with E-state index in [0.717, 1.165) is 28.4 Å². The van der Waals surface area contributed by atoms with E-state index in [-0.39, 0.29) is 5.91 Å². The first kappa shape index (κ1) is 14.7. The van der Waals surface area contributed by atoms with E-state index in [1.54, 1.807) is 11.3 Å². The lowest BCUT2D eigenvalue weighted by atomic mass is 10.1. The summed E-state index contributed by atoms with van der Waals surface area (Å²) in [6.45, 7) is 8.06. The molecule has 0 aliphatic rings. The van der Waals surface area contributed by atoms with Crippen molar-refractivity contribution in [3.63, 3.8) is 0 Å². The van der Waals surface area contributed by atoms with Gasteiger partial charge in [-0.05, 0) is 45.7 Å². The van der Waals surface area contributed by atoms with E-state index in [1.165, 1.54) is 10.4 Å². The fourth-order valence-corrected chi connectivity index (χ4v) is 3.14. The molecular formula is C16H20N2OS. The van der Waals surface area contributed by atoms with Crippen molar-refractivity contribution in [3.05, 3.63) is 44.9 Å². The van der Waals surface area contributed by atoms with Crippen LogP contribution in [0.2, 0.25) is 0 Å². The van der Waals surface area contributed by atoms with Crippen LogP contribution in [-0.4, -0.2) is 10.9 Å². The standard InChI is InChI=1S/C16H20N2OS/c1-10-5-6-14(11(2)9-10)18-16(19)8-7-15-12(3)17-13(4)20-15/h5-6,9H,7-8H2,1-4H3,(H,18,19). The molecule has 20 heavy (non-hydrogen) atoms. The molecule has 4 heteroatoms. The molecule has 0 aliphatic carbocycles. The molecule has 106 valence electrons. The minimum Gasteiger partial charge on any atom is -0.326 e. The van der Waals surface area contributed by atoms with Crippen LogP contribution in [0.25, 0.3) is 0 Å². The molecule has 0 aliphatic heterocycles. The summed E-state index contributed by atoms with van der Waals surface area (Å²) in [4.78, 5) is 17.6. The molecule has 2 aromatic rings. The number of benzene rings is 1. The van der Waals surface area contributed by atoms with Crippen molar-refractivity contribution >= 4 is 22.9 Å². The van der Waals surface area contributed by atoms with Crippen LogP contribution >= 0.6 is 11.3 Å². The second kappa shape index (κ2) is 6.18. The molecule has 0 saturated heterocycles. The van der Waals surface area contributed by atoms with Crippen LogP contribution in [0.3, 0.4) is 0 Å². The first-order valence-corrected chi connectivity index (χ1v) is 7.57. The van der Waals surface area contributed by atoms with E-state index in [2.05, 4.69) is 16.4 Å². The van der Waals surface area contributed by atoms with Gasteiger partial charge in [0.05, 0.1) is 10.7 Å². The number of nitrogens with zero attached hydrogens (tertiary/aromatic N) is 1. The predicted molar refractivity (Wildman–Crippen MR) is 84.5 cm³/mol. The van der Waals surface area contributed by atoms with Crippen molar-refractivity contribution in [2.75, 3.05) is 5.32 Å². The van der Waals surface area contributed by atoms with E-state index in [1.807, 2.05) is 39.8 Å². The first-order chi connectivity index (χ1) is 9.45. The maximum absolute atomic E-state index is 12.0. The summed E-state index contributed by atoms with van der Waals surface area (Å²) in [6, 6.07) is 6.05. The van der Waals surface area contributed by atoms with Gasteiger partial charge < -0.3 is 5.32 Å². The van der Waals surface area contributed by atoms with Crippen molar-refractivity contribution in [3.8, 4) is 0 Å². The minimum atomic E-state index is 0.0578. The Balaban J connectivity index is 1.94. The molecule has 2 rings (SSSR count). The van der Waals surface area contributed by atoms with E-state index in [9.17, 15) is 4.79 Å². The maximum Gasteiger partial charge on any atom is 0.224 e. The number of aromatic nitrogens is 1. The number of hydrogen-bond acceptors (Lipinski definition) is 3. The van der Waals surface area contributed by atoms with Crippen LogP contribution in [0.1, 0.15) is 33.1 Å². The topological polar surface area (TPSA) is 42.0 Å². The zero-order chi connectivity index (χ0) is 14.7. The van der Waals surface area contributed by atoms with Crippen molar-refractivity contribution < 1.29 is 4.79 Å². The average Bonchev–Trinajstić information content (AvgIpc) is 2.69. The third kappa shape index (κ3) is 3.67. The van der Waals surface area contributed by atoms with Crippen molar-refractivity contribution in [2.45, 2.75) is 40.5 Å². The third-order valence-corrected chi connectivity index (χ3v) is 4.37. The summed E-state index contributed by atoms with van der Waals surface area (Å²) >= 11 is 1.68. The zero-order valence-electron chi connectivity index (χ0n) is 12.4. The monoisotopic (exact) mass is 288 g/mol. The molecule has 0 unspecified atom stereocenters. The van der Waals surface area contributed by atoms with Gasteiger partial charge in [0, 0.05) is 17.0 Å². The number of thiazole rings is 1. The van der Waals surface area contributed by atoms with Crippen molar-refractivity contribution in [1.29, 1.82) is 0 Å². The molecule has 1 aromatic carbocycles. The number of hydrogen-bond donors (Lipinski definition) is 1. The first-order valence-electron chi connectivity index (χ1n) is 6.75. The van der Waals surface area contributed by atoms with Gasteiger partial charge in [-0.25, -0.2) is 4.98 Å². The van der Waals surface area contributed by atoms with Gasteiger partial charge in [0.25, 0.3) is 0 Å². The summed E-state index contributed by atoms with van der Waals surface area (Å²) in [7, 11) is 0. The van der Waals surface area contributed by atoms with Crippen LogP contribution in [0.5, 0.6) is 0 Å². The van der Waals surface area contributed by atoms with Gasteiger partial charge in [0.15, 0.2) is 0 Å². The Morgan fingerprint density at radius 2 is 2.00 bits per heavy atom. The van der Waals surface area contributed by atoms with Crippen LogP contribution in [0.4, 0.5) is 5.69 Å². The Morgan fingerprint density at radius 3 is 2.60 bits per heavy atom. The molecule has 0 atom stereocenters. The molecule has 0 spiro atoms.